The Morgan fingerprint density at radius 1 is 0.653 bits per heavy atom. The van der Waals surface area contributed by atoms with Crippen molar-refractivity contribution in [3.8, 4) is 23.0 Å². The number of aromatic carboxylic acids is 2. The van der Waals surface area contributed by atoms with E-state index >= 15 is 0 Å². The molecule has 2 aliphatic heterocycles. The predicted octanol–water partition coefficient (Wildman–Crippen LogP) is 4.98. The smallest absolute Gasteiger partial charge is 0.336 e. The summed E-state index contributed by atoms with van der Waals surface area (Å²) in [6, 6.07) is 19.3. The summed E-state index contributed by atoms with van der Waals surface area (Å²) in [7, 11) is 0. The third-order valence-electron chi connectivity index (χ3n) is 13.0. The molecule has 10 rings (SSSR count). The van der Waals surface area contributed by atoms with Crippen molar-refractivity contribution in [2.45, 2.75) is 82.3 Å². The van der Waals surface area contributed by atoms with Crippen molar-refractivity contribution in [1.82, 2.24) is 44.0 Å². The third-order valence-corrected chi connectivity index (χ3v) is 13.0. The average molecular weight is 1020 g/mol. The van der Waals surface area contributed by atoms with E-state index in [2.05, 4.69) is 29.9 Å². The van der Waals surface area contributed by atoms with E-state index in [0.717, 1.165) is 11.1 Å². The topological polar surface area (TPSA) is 338 Å². The Hall–Kier alpha value is -8.77. The lowest BCUT2D eigenvalue weighted by molar-refractivity contribution is -0.0461. The number of carbonyl (C=O) groups excluding carboxylic acids is 2. The van der Waals surface area contributed by atoms with Gasteiger partial charge in [-0.05, 0) is 72.9 Å². The summed E-state index contributed by atoms with van der Waals surface area (Å²) in [6.45, 7) is 2.02. The van der Waals surface area contributed by atoms with E-state index in [9.17, 15) is 39.6 Å². The summed E-state index contributed by atoms with van der Waals surface area (Å²) in [5.74, 6) is -2.16. The van der Waals surface area contributed by atoms with Crippen LogP contribution in [0.15, 0.2) is 98.0 Å². The molecule has 7 heterocycles. The SMILES string of the molecule is Cc1cc(CCC(=O)c2ccccc2C(=O)O)cc(OC[C@@H]2C[C@@H](O)[C@H](n3cnc4c(N)nc(-c5ccc(C(=O)O)c(C(=O)CCc6ccnc(OC[C@@H]7C[C@@H](O)[C@H](n8cnc9c(N)ncnc98)O7)c6)c5)nc43)O2)c1. The number of nitrogen functional groups attached to an aromatic ring is 2. The van der Waals surface area contributed by atoms with Crippen molar-refractivity contribution in [2.75, 3.05) is 24.7 Å². The first-order chi connectivity index (χ1) is 36.2. The summed E-state index contributed by atoms with van der Waals surface area (Å²) in [5.41, 5.74) is 16.1. The fourth-order valence-electron chi connectivity index (χ4n) is 9.39. The second-order valence-electron chi connectivity index (χ2n) is 18.3. The highest BCUT2D eigenvalue weighted by molar-refractivity contribution is 6.07. The van der Waals surface area contributed by atoms with Crippen LogP contribution in [0.1, 0.15) is 96.3 Å². The van der Waals surface area contributed by atoms with Crippen molar-refractivity contribution >= 4 is 57.5 Å². The first-order valence-corrected chi connectivity index (χ1v) is 23.8. The molecule has 75 heavy (non-hydrogen) atoms. The van der Waals surface area contributed by atoms with Crippen molar-refractivity contribution < 1.29 is 58.6 Å². The van der Waals surface area contributed by atoms with Crippen LogP contribution >= 0.6 is 0 Å². The first kappa shape index (κ1) is 49.8. The number of nitrogens with zero attached hydrogens (tertiary/aromatic N) is 9. The molecule has 6 atom stereocenters. The summed E-state index contributed by atoms with van der Waals surface area (Å²) in [4.78, 5) is 81.2. The number of anilines is 2. The number of aryl methyl sites for hydroxylation is 3. The number of nitrogens with two attached hydrogens (primary N) is 2. The van der Waals surface area contributed by atoms with Crippen LogP contribution in [0.3, 0.4) is 0 Å². The molecule has 8 N–H and O–H groups in total. The monoisotopic (exact) mass is 1020 g/mol. The van der Waals surface area contributed by atoms with Gasteiger partial charge in [0.2, 0.25) is 5.88 Å². The second kappa shape index (κ2) is 21.0. The second-order valence-corrected chi connectivity index (χ2v) is 18.3. The number of aliphatic hydroxyl groups excluding tert-OH is 2. The number of imidazole rings is 2. The molecule has 2 aliphatic rings. The van der Waals surface area contributed by atoms with Crippen LogP contribution in [0.5, 0.6) is 11.6 Å². The molecule has 0 amide bonds. The molecule has 0 radical (unpaired) electrons. The van der Waals surface area contributed by atoms with Gasteiger partial charge in [-0.3, -0.25) is 18.7 Å². The Labute approximate surface area is 425 Å². The van der Waals surface area contributed by atoms with Crippen LogP contribution in [-0.4, -0.2) is 126 Å². The Morgan fingerprint density at radius 2 is 1.28 bits per heavy atom. The van der Waals surface area contributed by atoms with Gasteiger partial charge in [-0.15, -0.1) is 0 Å². The van der Waals surface area contributed by atoms with Crippen molar-refractivity contribution in [3.63, 3.8) is 0 Å². The van der Waals surface area contributed by atoms with Crippen LogP contribution in [0.25, 0.3) is 33.7 Å². The largest absolute Gasteiger partial charge is 0.491 e. The maximum atomic E-state index is 13.9. The average Bonchev–Trinajstić information content (AvgIpc) is 4.21. The normalized spacial score (nSPS) is 19.4. The lowest BCUT2D eigenvalue weighted by Crippen LogP contribution is -2.20. The molecule has 3 aromatic carbocycles. The van der Waals surface area contributed by atoms with E-state index in [0.29, 0.717) is 34.5 Å². The van der Waals surface area contributed by atoms with Gasteiger partial charge < -0.3 is 50.8 Å². The highest BCUT2D eigenvalue weighted by Gasteiger charge is 2.38. The van der Waals surface area contributed by atoms with E-state index in [1.807, 2.05) is 25.1 Å². The number of carbonyl (C=O) groups is 4. The van der Waals surface area contributed by atoms with Gasteiger partial charge in [-0.1, -0.05) is 30.3 Å². The number of carboxylic acid groups (broad SMARTS) is 2. The molecule has 0 unspecified atom stereocenters. The quantitative estimate of drug-likeness (QED) is 0.0581. The van der Waals surface area contributed by atoms with Gasteiger partial charge in [-0.25, -0.2) is 44.5 Å². The number of carboxylic acids is 2. The van der Waals surface area contributed by atoms with Gasteiger partial charge in [0.25, 0.3) is 0 Å². The summed E-state index contributed by atoms with van der Waals surface area (Å²) in [5, 5.41) is 41.8. The van der Waals surface area contributed by atoms with Crippen molar-refractivity contribution in [3.05, 3.63) is 137 Å². The molecule has 2 saturated heterocycles. The van der Waals surface area contributed by atoms with Gasteiger partial charge >= 0.3 is 11.9 Å². The number of fused-ring (bicyclic) bond motifs is 2. The van der Waals surface area contributed by atoms with Gasteiger partial charge in [0.05, 0.1) is 36.0 Å². The third kappa shape index (κ3) is 10.5. The minimum atomic E-state index is -1.31. The zero-order chi connectivity index (χ0) is 52.5. The van der Waals surface area contributed by atoms with E-state index in [-0.39, 0.29) is 108 Å². The maximum absolute atomic E-state index is 13.9. The van der Waals surface area contributed by atoms with Crippen molar-refractivity contribution in [1.29, 1.82) is 0 Å². The van der Waals surface area contributed by atoms with Crippen LogP contribution in [0.2, 0.25) is 0 Å². The molecule has 0 bridgehead atoms. The minimum Gasteiger partial charge on any atom is -0.491 e. The van der Waals surface area contributed by atoms with E-state index < -0.39 is 54.6 Å². The molecule has 384 valence electrons. The van der Waals surface area contributed by atoms with Crippen LogP contribution in [0, 0.1) is 6.92 Å². The van der Waals surface area contributed by atoms with Gasteiger partial charge in [0.1, 0.15) is 48.5 Å². The molecule has 0 saturated carbocycles. The molecule has 8 aromatic rings. The molecule has 0 aliphatic carbocycles. The fraction of sp³-hybridized carbons (Fsp3) is 0.288. The molecular weight excluding hydrogens is 971 g/mol. The Morgan fingerprint density at radius 3 is 1.99 bits per heavy atom. The lowest BCUT2D eigenvalue weighted by Gasteiger charge is -2.18. The van der Waals surface area contributed by atoms with Gasteiger partial charge in [0, 0.05) is 54.6 Å². The van der Waals surface area contributed by atoms with Crippen molar-refractivity contribution in [2.24, 2.45) is 0 Å². The standard InChI is InChI=1S/C52H49N11O12/c1-26-14-28(7-11-37(64)33-4-2-3-5-34(33)51(68)69)16-30(15-26)72-21-31-19-40(67)50(74-31)63-25-59-43-45(54)60-46(61-48(43)63)29-8-9-35(52(70)71)36(18-29)38(65)10-6-27-12-13-55-41(17-27)73-22-32-20-39(66)49(75-32)62-24-58-42-44(53)56-23-57-47(42)62/h2-5,8-9,12-18,23-25,31-32,39-40,49-50,66-67H,6-7,10-11,19-22H2,1H3,(H,68,69)(H,70,71)(H2,53,56,57)(H2,54,60,61)/t31-,32-,39+,40+,49+,50+/m0/s1. The number of hydrogen-bond acceptors (Lipinski definition) is 19. The number of Topliss-reactive ketones (excluding diaryl/α,β-unsaturated/α-hetero) is 2. The van der Waals surface area contributed by atoms with Crippen LogP contribution in [0.4, 0.5) is 11.6 Å². The summed E-state index contributed by atoms with van der Waals surface area (Å²) < 4.78 is 27.6. The molecular formula is C52H49N11O12. The maximum Gasteiger partial charge on any atom is 0.336 e. The molecule has 23 heteroatoms. The Bertz CT molecular complexity index is 3510. The predicted molar refractivity (Wildman–Crippen MR) is 266 cm³/mol. The number of rotatable bonds is 19. The highest BCUT2D eigenvalue weighted by Crippen LogP contribution is 2.35. The van der Waals surface area contributed by atoms with Crippen LogP contribution < -0.4 is 20.9 Å². The summed E-state index contributed by atoms with van der Waals surface area (Å²) >= 11 is 0. The van der Waals surface area contributed by atoms with E-state index in [1.54, 1.807) is 28.8 Å². The lowest BCUT2D eigenvalue weighted by atomic mass is 9.96. The van der Waals surface area contributed by atoms with Crippen LogP contribution in [-0.2, 0) is 22.3 Å². The van der Waals surface area contributed by atoms with Gasteiger partial charge in [0.15, 0.2) is 52.8 Å². The number of pyridine rings is 1. The Balaban J connectivity index is 0.776. The minimum absolute atomic E-state index is 0.00180. The van der Waals surface area contributed by atoms with E-state index in [4.69, 9.17) is 35.4 Å². The number of aliphatic hydroxyl groups is 2. The number of hydrogen-bond donors (Lipinski definition) is 6. The number of ketones is 2. The van der Waals surface area contributed by atoms with E-state index in [1.165, 1.54) is 60.1 Å². The number of benzene rings is 3. The zero-order valence-corrected chi connectivity index (χ0v) is 40.1. The highest BCUT2D eigenvalue weighted by atomic mass is 16.6. The summed E-state index contributed by atoms with van der Waals surface area (Å²) in [6.07, 6.45) is 2.10. The van der Waals surface area contributed by atoms with Gasteiger partial charge in [-0.2, -0.15) is 0 Å². The zero-order valence-electron chi connectivity index (χ0n) is 40.1. The number of ether oxygens (including phenoxy) is 4. The molecule has 2 fully saturated rings. The fourth-order valence-corrected chi connectivity index (χ4v) is 9.39. The molecule has 0 spiro atoms. The Kier molecular flexibility index (Phi) is 13.9. The first-order valence-electron chi connectivity index (χ1n) is 23.8. The molecule has 23 nitrogen and oxygen atoms in total. The molecule has 5 aromatic heterocycles. The number of aromatic nitrogens is 9.